The topological polar surface area (TPSA) is 24.1 Å². The summed E-state index contributed by atoms with van der Waals surface area (Å²) in [6.45, 7) is 2.34. The first-order valence-electron chi connectivity index (χ1n) is 5.64. The van der Waals surface area contributed by atoms with Gasteiger partial charge < -0.3 is 10.6 Å². The van der Waals surface area contributed by atoms with E-state index in [-0.39, 0.29) is 0 Å². The Kier molecular flexibility index (Phi) is 3.85. The van der Waals surface area contributed by atoms with Gasteiger partial charge in [0.2, 0.25) is 0 Å². The molecule has 2 N–H and O–H groups in total. The highest BCUT2D eigenvalue weighted by Gasteiger charge is 2.19. The summed E-state index contributed by atoms with van der Waals surface area (Å²) in [5, 5.41) is 6.55. The van der Waals surface area contributed by atoms with Crippen LogP contribution in [0.25, 0.3) is 0 Å². The Morgan fingerprint density at radius 3 is 2.62 bits per heavy atom. The van der Waals surface area contributed by atoms with Crippen molar-refractivity contribution in [3.8, 4) is 0 Å². The van der Waals surface area contributed by atoms with E-state index in [0.717, 1.165) is 24.7 Å². The monoisotopic (exact) mass is 226 g/mol. The number of halogens is 2. The summed E-state index contributed by atoms with van der Waals surface area (Å²) in [5.41, 5.74) is 0.769. The third-order valence-electron chi connectivity index (χ3n) is 2.63. The van der Waals surface area contributed by atoms with Gasteiger partial charge in [0.25, 0.3) is 0 Å². The zero-order valence-corrected chi connectivity index (χ0v) is 9.10. The molecule has 0 atom stereocenters. The van der Waals surface area contributed by atoms with E-state index >= 15 is 0 Å². The Labute approximate surface area is 94.0 Å². The third-order valence-corrected chi connectivity index (χ3v) is 2.63. The fourth-order valence-corrected chi connectivity index (χ4v) is 1.53. The molecule has 88 valence electrons. The molecule has 1 fully saturated rings. The van der Waals surface area contributed by atoms with E-state index in [9.17, 15) is 8.78 Å². The van der Waals surface area contributed by atoms with Crippen molar-refractivity contribution in [2.24, 2.45) is 0 Å². The van der Waals surface area contributed by atoms with E-state index in [4.69, 9.17) is 0 Å². The van der Waals surface area contributed by atoms with Gasteiger partial charge >= 0.3 is 0 Å². The molecular weight excluding hydrogens is 210 g/mol. The number of nitrogens with one attached hydrogen (secondary N) is 2. The third kappa shape index (κ3) is 3.54. The van der Waals surface area contributed by atoms with Gasteiger partial charge in [-0.1, -0.05) is 6.07 Å². The van der Waals surface area contributed by atoms with Crippen molar-refractivity contribution in [1.82, 2.24) is 10.6 Å². The molecule has 0 heterocycles. The summed E-state index contributed by atoms with van der Waals surface area (Å²) in [6, 6.07) is 4.70. The van der Waals surface area contributed by atoms with E-state index in [1.165, 1.54) is 18.9 Å². The zero-order valence-electron chi connectivity index (χ0n) is 9.10. The Bertz CT molecular complexity index is 351. The second-order valence-corrected chi connectivity index (χ2v) is 4.15. The molecule has 0 radical (unpaired) electrons. The van der Waals surface area contributed by atoms with Gasteiger partial charge in [-0.3, -0.25) is 0 Å². The molecule has 1 aliphatic carbocycles. The molecule has 0 aromatic heterocycles. The quantitative estimate of drug-likeness (QED) is 0.723. The maximum absolute atomic E-state index is 12.9. The Hall–Kier alpha value is -1.00. The average Bonchev–Trinajstić information content (AvgIpc) is 3.07. The van der Waals surface area contributed by atoms with Gasteiger partial charge in [-0.05, 0) is 30.5 Å². The van der Waals surface area contributed by atoms with Crippen LogP contribution in [0.1, 0.15) is 18.4 Å². The molecule has 2 rings (SSSR count). The number of benzene rings is 1. The second-order valence-electron chi connectivity index (χ2n) is 4.15. The smallest absolute Gasteiger partial charge is 0.159 e. The molecule has 1 aromatic rings. The zero-order chi connectivity index (χ0) is 11.4. The van der Waals surface area contributed by atoms with Crippen LogP contribution in [0.5, 0.6) is 0 Å². The van der Waals surface area contributed by atoms with Gasteiger partial charge in [-0.2, -0.15) is 0 Å². The van der Waals surface area contributed by atoms with Crippen molar-refractivity contribution in [3.63, 3.8) is 0 Å². The lowest BCUT2D eigenvalue weighted by atomic mass is 10.2. The SMILES string of the molecule is Fc1ccc(CNCCNC2CC2)cc1F. The van der Waals surface area contributed by atoms with Crippen molar-refractivity contribution in [2.45, 2.75) is 25.4 Å². The van der Waals surface area contributed by atoms with Crippen LogP contribution in [-0.4, -0.2) is 19.1 Å². The predicted octanol–water partition coefficient (Wildman–Crippen LogP) is 1.81. The molecule has 0 aliphatic heterocycles. The molecule has 0 bridgehead atoms. The van der Waals surface area contributed by atoms with Gasteiger partial charge in [-0.25, -0.2) is 8.78 Å². The number of rotatable bonds is 6. The molecule has 1 saturated carbocycles. The van der Waals surface area contributed by atoms with Crippen LogP contribution in [0.2, 0.25) is 0 Å². The molecule has 2 nitrogen and oxygen atoms in total. The second kappa shape index (κ2) is 5.37. The van der Waals surface area contributed by atoms with Crippen LogP contribution in [0.3, 0.4) is 0 Å². The summed E-state index contributed by atoms with van der Waals surface area (Å²) in [4.78, 5) is 0. The van der Waals surface area contributed by atoms with Crippen LogP contribution >= 0.6 is 0 Å². The van der Waals surface area contributed by atoms with Crippen molar-refractivity contribution in [3.05, 3.63) is 35.4 Å². The molecule has 0 saturated heterocycles. The van der Waals surface area contributed by atoms with Gasteiger partial charge in [-0.15, -0.1) is 0 Å². The van der Waals surface area contributed by atoms with Crippen LogP contribution in [0.15, 0.2) is 18.2 Å². The predicted molar refractivity (Wildman–Crippen MR) is 59.1 cm³/mol. The highest BCUT2D eigenvalue weighted by molar-refractivity contribution is 5.17. The van der Waals surface area contributed by atoms with Crippen molar-refractivity contribution in [2.75, 3.05) is 13.1 Å². The van der Waals surface area contributed by atoms with E-state index in [0.29, 0.717) is 12.6 Å². The van der Waals surface area contributed by atoms with Crippen LogP contribution in [-0.2, 0) is 6.54 Å². The first-order valence-corrected chi connectivity index (χ1v) is 5.64. The molecule has 1 aliphatic rings. The first kappa shape index (κ1) is 11.5. The molecule has 4 heteroatoms. The standard InChI is InChI=1S/C12H16F2N2/c13-11-4-1-9(7-12(11)14)8-15-5-6-16-10-2-3-10/h1,4,7,10,15-16H,2-3,5-6,8H2. The lowest BCUT2D eigenvalue weighted by molar-refractivity contribution is 0.505. The Morgan fingerprint density at radius 2 is 1.94 bits per heavy atom. The maximum atomic E-state index is 12.9. The minimum absolute atomic E-state index is 0.573. The summed E-state index contributed by atoms with van der Waals surface area (Å²) in [6.07, 6.45) is 2.56. The van der Waals surface area contributed by atoms with E-state index in [2.05, 4.69) is 10.6 Å². The molecule has 16 heavy (non-hydrogen) atoms. The first-order chi connectivity index (χ1) is 7.75. The minimum atomic E-state index is -0.792. The number of hydrogen-bond donors (Lipinski definition) is 2. The lowest BCUT2D eigenvalue weighted by Crippen LogP contribution is -2.28. The molecular formula is C12H16F2N2. The minimum Gasteiger partial charge on any atom is -0.313 e. The van der Waals surface area contributed by atoms with E-state index < -0.39 is 11.6 Å². The Morgan fingerprint density at radius 1 is 1.12 bits per heavy atom. The van der Waals surface area contributed by atoms with Crippen molar-refractivity contribution >= 4 is 0 Å². The van der Waals surface area contributed by atoms with Gasteiger partial charge in [0.05, 0.1) is 0 Å². The summed E-state index contributed by atoms with van der Waals surface area (Å²) < 4.78 is 25.5. The van der Waals surface area contributed by atoms with Crippen molar-refractivity contribution < 1.29 is 8.78 Å². The average molecular weight is 226 g/mol. The van der Waals surface area contributed by atoms with Crippen LogP contribution < -0.4 is 10.6 Å². The molecule has 1 aromatic carbocycles. The summed E-state index contributed by atoms with van der Waals surface area (Å²) >= 11 is 0. The van der Waals surface area contributed by atoms with Crippen LogP contribution in [0.4, 0.5) is 8.78 Å². The fraction of sp³-hybridized carbons (Fsp3) is 0.500. The number of hydrogen-bond acceptors (Lipinski definition) is 2. The molecule has 0 spiro atoms. The fourth-order valence-electron chi connectivity index (χ4n) is 1.53. The van der Waals surface area contributed by atoms with Gasteiger partial charge in [0, 0.05) is 25.7 Å². The van der Waals surface area contributed by atoms with Crippen molar-refractivity contribution in [1.29, 1.82) is 0 Å². The highest BCUT2D eigenvalue weighted by Crippen LogP contribution is 2.17. The summed E-state index contributed by atoms with van der Waals surface area (Å²) in [7, 11) is 0. The van der Waals surface area contributed by atoms with Gasteiger partial charge in [0.15, 0.2) is 11.6 Å². The largest absolute Gasteiger partial charge is 0.313 e. The van der Waals surface area contributed by atoms with E-state index in [1.54, 1.807) is 6.07 Å². The molecule has 0 unspecified atom stereocenters. The molecule has 0 amide bonds. The summed E-state index contributed by atoms with van der Waals surface area (Å²) in [5.74, 6) is -1.57. The highest BCUT2D eigenvalue weighted by atomic mass is 19.2. The van der Waals surface area contributed by atoms with Crippen LogP contribution in [0, 0.1) is 11.6 Å². The lowest BCUT2D eigenvalue weighted by Gasteiger charge is -2.06. The van der Waals surface area contributed by atoms with E-state index in [1.807, 2.05) is 0 Å². The normalized spacial score (nSPS) is 15.4. The van der Waals surface area contributed by atoms with Gasteiger partial charge in [0.1, 0.15) is 0 Å². The Balaban J connectivity index is 1.65. The maximum Gasteiger partial charge on any atom is 0.159 e.